The number of rotatable bonds is 0. The third-order valence-electron chi connectivity index (χ3n) is 0.799. The van der Waals surface area contributed by atoms with Crippen molar-refractivity contribution >= 4 is 0 Å². The summed E-state index contributed by atoms with van der Waals surface area (Å²) in [5, 5.41) is 16.1. The van der Waals surface area contributed by atoms with Crippen molar-refractivity contribution in [3.63, 3.8) is 0 Å². The Bertz CT molecular complexity index is 602. The molecule has 0 aliphatic carbocycles. The van der Waals surface area contributed by atoms with Crippen LogP contribution in [0, 0.1) is 83.3 Å². The Balaban J connectivity index is 4.23. The van der Waals surface area contributed by atoms with Crippen molar-refractivity contribution in [3.8, 4) is 83.3 Å². The van der Waals surface area contributed by atoms with Gasteiger partial charge in [0.05, 0.1) is 0 Å². The van der Waals surface area contributed by atoms with Gasteiger partial charge in [0.2, 0.25) is 0 Å². The molecule has 0 aromatic rings. The summed E-state index contributed by atoms with van der Waals surface area (Å²) in [4.78, 5) is 0. The SMILES string of the molecule is OC#CC#CC#CC#CC#CC#CC#CO. The zero-order valence-electron chi connectivity index (χ0n) is 7.89. The number of aliphatic hydroxyl groups is 2. The predicted octanol–water partition coefficient (Wildman–Crippen LogP) is -0.330. The van der Waals surface area contributed by atoms with Crippen molar-refractivity contribution in [2.75, 3.05) is 0 Å². The molecule has 0 spiro atoms. The van der Waals surface area contributed by atoms with Gasteiger partial charge >= 0.3 is 0 Å². The third-order valence-corrected chi connectivity index (χ3v) is 0.799. The maximum absolute atomic E-state index is 8.03. The lowest BCUT2D eigenvalue weighted by Gasteiger charge is -1.56. The monoisotopic (exact) mass is 202 g/mol. The summed E-state index contributed by atoms with van der Waals surface area (Å²) in [6.07, 6.45) is 3.22. The summed E-state index contributed by atoms with van der Waals surface area (Å²) < 4.78 is 0. The Morgan fingerprint density at radius 3 is 0.688 bits per heavy atom. The first kappa shape index (κ1) is 12.5. The van der Waals surface area contributed by atoms with E-state index in [4.69, 9.17) is 10.2 Å². The van der Waals surface area contributed by atoms with Crippen molar-refractivity contribution in [2.24, 2.45) is 0 Å². The topological polar surface area (TPSA) is 40.5 Å². The fraction of sp³-hybridized carbons (Fsp3) is 0. The summed E-state index contributed by atoms with van der Waals surface area (Å²) in [6, 6.07) is 0. The van der Waals surface area contributed by atoms with Gasteiger partial charge in [0.25, 0.3) is 0 Å². The first-order chi connectivity index (χ1) is 7.91. The summed E-state index contributed by atoms with van der Waals surface area (Å²) in [5.74, 6) is 27.7. The quantitative estimate of drug-likeness (QED) is 0.528. The van der Waals surface area contributed by atoms with Crippen molar-refractivity contribution in [3.05, 3.63) is 0 Å². The lowest BCUT2D eigenvalue weighted by molar-refractivity contribution is 0.517. The predicted molar refractivity (Wildman–Crippen MR) is 58.3 cm³/mol. The van der Waals surface area contributed by atoms with E-state index in [0.29, 0.717) is 0 Å². The van der Waals surface area contributed by atoms with Gasteiger partial charge < -0.3 is 10.2 Å². The van der Waals surface area contributed by atoms with E-state index in [1.807, 2.05) is 0 Å². The molecular formula is C14H2O2. The molecule has 0 aromatic carbocycles. The fourth-order valence-electron chi connectivity index (χ4n) is 0.368. The molecule has 0 heterocycles. The van der Waals surface area contributed by atoms with Gasteiger partial charge in [-0.2, -0.15) is 0 Å². The van der Waals surface area contributed by atoms with Gasteiger partial charge in [0, 0.05) is 71.0 Å². The molecule has 2 nitrogen and oxygen atoms in total. The van der Waals surface area contributed by atoms with Crippen LogP contribution in [0.5, 0.6) is 0 Å². The molecule has 0 aromatic heterocycles. The molecule has 0 rings (SSSR count). The van der Waals surface area contributed by atoms with E-state index < -0.39 is 0 Å². The zero-order valence-corrected chi connectivity index (χ0v) is 7.89. The molecule has 0 atom stereocenters. The largest absolute Gasteiger partial charge is 0.461 e. The molecule has 0 aliphatic heterocycles. The van der Waals surface area contributed by atoms with Gasteiger partial charge in [-0.1, -0.05) is 0 Å². The molecule has 70 valence electrons. The van der Waals surface area contributed by atoms with E-state index in [2.05, 4.69) is 71.0 Å². The van der Waals surface area contributed by atoms with Gasteiger partial charge in [-0.25, -0.2) is 0 Å². The van der Waals surface area contributed by atoms with Crippen molar-refractivity contribution in [2.45, 2.75) is 0 Å². The Kier molecular flexibility index (Phi) is 9.01. The fourth-order valence-corrected chi connectivity index (χ4v) is 0.368. The normalized spacial score (nSPS) is 3.75. The average molecular weight is 202 g/mol. The van der Waals surface area contributed by atoms with E-state index in [9.17, 15) is 0 Å². The van der Waals surface area contributed by atoms with Crippen LogP contribution in [0.25, 0.3) is 0 Å². The highest BCUT2D eigenvalue weighted by molar-refractivity contribution is 5.44. The third kappa shape index (κ3) is 10.5. The minimum atomic E-state index is 1.61. The van der Waals surface area contributed by atoms with Gasteiger partial charge in [-0.3, -0.25) is 0 Å². The van der Waals surface area contributed by atoms with Crippen LogP contribution in [-0.4, -0.2) is 10.2 Å². The van der Waals surface area contributed by atoms with Crippen molar-refractivity contribution in [1.82, 2.24) is 0 Å². The first-order valence-corrected chi connectivity index (χ1v) is 3.70. The maximum Gasteiger partial charge on any atom is 0.122 e. The molecule has 0 saturated heterocycles. The van der Waals surface area contributed by atoms with E-state index in [-0.39, 0.29) is 0 Å². The Morgan fingerprint density at radius 1 is 0.312 bits per heavy atom. The first-order valence-electron chi connectivity index (χ1n) is 3.70. The van der Waals surface area contributed by atoms with Crippen LogP contribution in [0.1, 0.15) is 0 Å². The van der Waals surface area contributed by atoms with Crippen molar-refractivity contribution < 1.29 is 10.2 Å². The number of aliphatic hydroxyl groups excluding tert-OH is 2. The van der Waals surface area contributed by atoms with E-state index in [1.165, 1.54) is 0 Å². The summed E-state index contributed by atoms with van der Waals surface area (Å²) in [7, 11) is 0. The van der Waals surface area contributed by atoms with Crippen molar-refractivity contribution in [1.29, 1.82) is 0 Å². The molecule has 0 bridgehead atoms. The molecule has 0 fully saturated rings. The Labute approximate surface area is 94.1 Å². The highest BCUT2D eigenvalue weighted by Crippen LogP contribution is 1.56. The summed E-state index contributed by atoms with van der Waals surface area (Å²) in [6.45, 7) is 0. The minimum Gasteiger partial charge on any atom is -0.461 e. The van der Waals surface area contributed by atoms with Gasteiger partial charge in [-0.15, -0.1) is 0 Å². The molecule has 16 heavy (non-hydrogen) atoms. The van der Waals surface area contributed by atoms with Crippen LogP contribution in [0.2, 0.25) is 0 Å². The van der Waals surface area contributed by atoms with Crippen LogP contribution >= 0.6 is 0 Å². The molecule has 0 amide bonds. The summed E-state index contributed by atoms with van der Waals surface area (Å²) >= 11 is 0. The van der Waals surface area contributed by atoms with Crippen LogP contribution in [-0.2, 0) is 0 Å². The molecule has 0 saturated carbocycles. The van der Waals surface area contributed by atoms with E-state index in [1.54, 1.807) is 12.2 Å². The van der Waals surface area contributed by atoms with Gasteiger partial charge in [0.1, 0.15) is 12.2 Å². The lowest BCUT2D eigenvalue weighted by atomic mass is 10.5. The zero-order chi connectivity index (χ0) is 11.9. The highest BCUT2D eigenvalue weighted by Gasteiger charge is 1.57. The second-order valence-electron chi connectivity index (χ2n) is 1.72. The number of hydrogen-bond donors (Lipinski definition) is 2. The molecule has 2 N–H and O–H groups in total. The lowest BCUT2D eigenvalue weighted by Crippen LogP contribution is -1.56. The van der Waals surface area contributed by atoms with Gasteiger partial charge in [0.15, 0.2) is 0 Å². The van der Waals surface area contributed by atoms with Crippen LogP contribution in [0.4, 0.5) is 0 Å². The molecule has 0 unspecified atom stereocenters. The standard InChI is InChI=1S/C14H2O2/c15-13-11-9-7-5-3-1-2-4-6-8-10-12-14-16/h15-16H. The smallest absolute Gasteiger partial charge is 0.122 e. The second-order valence-corrected chi connectivity index (χ2v) is 1.72. The maximum atomic E-state index is 8.03. The van der Waals surface area contributed by atoms with Crippen LogP contribution in [0.3, 0.4) is 0 Å². The van der Waals surface area contributed by atoms with Crippen LogP contribution in [0.15, 0.2) is 0 Å². The number of hydrogen-bond acceptors (Lipinski definition) is 2. The molecule has 0 radical (unpaired) electrons. The van der Waals surface area contributed by atoms with E-state index in [0.717, 1.165) is 0 Å². The van der Waals surface area contributed by atoms with Gasteiger partial charge in [-0.05, 0) is 0 Å². The molecule has 0 aliphatic rings. The minimum absolute atomic E-state index is 1.61. The second kappa shape index (κ2) is 11.5. The highest BCUT2D eigenvalue weighted by atomic mass is 16.2. The van der Waals surface area contributed by atoms with E-state index >= 15 is 0 Å². The average Bonchev–Trinajstić information content (AvgIpc) is 2.31. The van der Waals surface area contributed by atoms with Crippen LogP contribution < -0.4 is 0 Å². The summed E-state index contributed by atoms with van der Waals surface area (Å²) in [5.41, 5.74) is 0. The molecular weight excluding hydrogens is 200 g/mol. The Morgan fingerprint density at radius 2 is 0.500 bits per heavy atom. The molecule has 2 heteroatoms. The Hall–Kier alpha value is -3.48.